The van der Waals surface area contributed by atoms with Crippen LogP contribution in [0.25, 0.3) is 0 Å². The largest absolute Gasteiger partial charge is 0.481 e. The van der Waals surface area contributed by atoms with E-state index in [9.17, 15) is 9.59 Å². The lowest BCUT2D eigenvalue weighted by Gasteiger charge is -2.04. The van der Waals surface area contributed by atoms with Crippen LogP contribution in [0, 0.1) is 0 Å². The molecule has 0 aliphatic heterocycles. The summed E-state index contributed by atoms with van der Waals surface area (Å²) in [5.41, 5.74) is 0. The number of hydrogen-bond acceptors (Lipinski definition) is 2. The predicted molar refractivity (Wildman–Crippen MR) is 52.2 cm³/mol. The molecule has 1 radical (unpaired) electrons. The smallest absolute Gasteiger partial charge is 0.312 e. The Labute approximate surface area is 79.9 Å². The van der Waals surface area contributed by atoms with E-state index in [2.05, 4.69) is 18.4 Å². The normalized spacial score (nSPS) is 10.1. The standard InChI is InChI=1S/C8H16NO3Si/c1-13(2)5-3-4-9-7(10)6-8(11)12/h3-6H2,1-2H3,(H,9,10)(H,11,12). The van der Waals surface area contributed by atoms with E-state index < -0.39 is 18.3 Å². The molecule has 0 heterocycles. The van der Waals surface area contributed by atoms with Crippen LogP contribution >= 0.6 is 0 Å². The highest BCUT2D eigenvalue weighted by Crippen LogP contribution is 1.95. The highest BCUT2D eigenvalue weighted by Gasteiger charge is 2.05. The minimum atomic E-state index is -1.08. The number of rotatable bonds is 6. The van der Waals surface area contributed by atoms with Gasteiger partial charge in [-0.25, -0.2) is 0 Å². The highest BCUT2D eigenvalue weighted by atomic mass is 28.3. The molecule has 0 saturated heterocycles. The minimum absolute atomic E-state index is 0.223. The average molecular weight is 202 g/mol. The number of amides is 1. The van der Waals surface area contributed by atoms with Crippen LogP contribution in [0.3, 0.4) is 0 Å². The second kappa shape index (κ2) is 6.65. The molecule has 0 unspecified atom stereocenters. The molecule has 0 fully saturated rings. The molecule has 2 N–H and O–H groups in total. The Balaban J connectivity index is 3.32. The van der Waals surface area contributed by atoms with Crippen LogP contribution in [0.2, 0.25) is 19.1 Å². The monoisotopic (exact) mass is 202 g/mol. The summed E-state index contributed by atoms with van der Waals surface area (Å²) in [5, 5.41) is 10.8. The minimum Gasteiger partial charge on any atom is -0.481 e. The van der Waals surface area contributed by atoms with Crippen molar-refractivity contribution >= 4 is 20.7 Å². The van der Waals surface area contributed by atoms with Crippen LogP contribution < -0.4 is 5.32 Å². The van der Waals surface area contributed by atoms with E-state index in [4.69, 9.17) is 5.11 Å². The first kappa shape index (κ1) is 12.2. The summed E-state index contributed by atoms with van der Waals surface area (Å²) >= 11 is 0. The number of carbonyl (C=O) groups excluding carboxylic acids is 1. The van der Waals surface area contributed by atoms with Crippen molar-refractivity contribution in [2.45, 2.75) is 32.0 Å². The fourth-order valence-electron chi connectivity index (χ4n) is 0.870. The Morgan fingerprint density at radius 3 is 2.46 bits per heavy atom. The Morgan fingerprint density at radius 2 is 2.00 bits per heavy atom. The van der Waals surface area contributed by atoms with Gasteiger partial charge in [-0.3, -0.25) is 9.59 Å². The van der Waals surface area contributed by atoms with E-state index in [-0.39, 0.29) is 8.80 Å². The van der Waals surface area contributed by atoms with E-state index in [1.807, 2.05) is 0 Å². The highest BCUT2D eigenvalue weighted by molar-refractivity contribution is 6.55. The quantitative estimate of drug-likeness (QED) is 0.379. The first-order valence-corrected chi connectivity index (χ1v) is 7.00. The lowest BCUT2D eigenvalue weighted by molar-refractivity contribution is -0.140. The van der Waals surface area contributed by atoms with Crippen molar-refractivity contribution in [2.24, 2.45) is 0 Å². The van der Waals surface area contributed by atoms with Crippen LogP contribution in [0.4, 0.5) is 0 Å². The van der Waals surface area contributed by atoms with Crippen molar-refractivity contribution in [3.63, 3.8) is 0 Å². The predicted octanol–water partition coefficient (Wildman–Crippen LogP) is 0.722. The van der Waals surface area contributed by atoms with Gasteiger partial charge in [-0.2, -0.15) is 0 Å². The molecular formula is C8H16NO3Si. The molecular weight excluding hydrogens is 186 g/mol. The second-order valence-corrected chi connectivity index (χ2v) is 6.15. The Kier molecular flexibility index (Phi) is 6.22. The first-order valence-electron chi connectivity index (χ1n) is 4.30. The van der Waals surface area contributed by atoms with Crippen LogP contribution in [0.15, 0.2) is 0 Å². The van der Waals surface area contributed by atoms with Gasteiger partial charge < -0.3 is 10.4 Å². The molecule has 0 aliphatic carbocycles. The van der Waals surface area contributed by atoms with E-state index in [0.717, 1.165) is 12.5 Å². The number of nitrogens with one attached hydrogen (secondary N) is 1. The lowest BCUT2D eigenvalue weighted by atomic mass is 10.4. The second-order valence-electron chi connectivity index (χ2n) is 3.23. The van der Waals surface area contributed by atoms with Gasteiger partial charge in [0.1, 0.15) is 6.42 Å². The van der Waals surface area contributed by atoms with Crippen molar-refractivity contribution in [2.75, 3.05) is 6.54 Å². The number of carboxylic acid groups (broad SMARTS) is 1. The molecule has 0 aliphatic rings. The summed E-state index contributed by atoms with van der Waals surface area (Å²) in [6.45, 7) is 5.02. The molecule has 0 atom stereocenters. The summed E-state index contributed by atoms with van der Waals surface area (Å²) in [4.78, 5) is 20.9. The Bertz CT molecular complexity index is 182. The molecule has 0 rings (SSSR count). The van der Waals surface area contributed by atoms with E-state index in [0.29, 0.717) is 6.54 Å². The first-order chi connectivity index (χ1) is 6.02. The number of aliphatic carboxylic acids is 1. The lowest BCUT2D eigenvalue weighted by Crippen LogP contribution is -2.26. The average Bonchev–Trinajstić information content (AvgIpc) is 1.96. The van der Waals surface area contributed by atoms with Gasteiger partial charge in [0, 0.05) is 15.3 Å². The SMILES string of the molecule is C[Si](C)CCCNC(=O)CC(=O)O. The van der Waals surface area contributed by atoms with Gasteiger partial charge in [-0.05, 0) is 6.42 Å². The maximum Gasteiger partial charge on any atom is 0.312 e. The van der Waals surface area contributed by atoms with Gasteiger partial charge >= 0.3 is 5.97 Å². The molecule has 1 amide bonds. The molecule has 4 nitrogen and oxygen atoms in total. The fraction of sp³-hybridized carbons (Fsp3) is 0.750. The molecule has 13 heavy (non-hydrogen) atoms. The van der Waals surface area contributed by atoms with Crippen molar-refractivity contribution < 1.29 is 14.7 Å². The van der Waals surface area contributed by atoms with E-state index in [1.54, 1.807) is 0 Å². The molecule has 0 spiro atoms. The van der Waals surface area contributed by atoms with Crippen molar-refractivity contribution in [3.05, 3.63) is 0 Å². The van der Waals surface area contributed by atoms with Crippen LogP contribution in [-0.2, 0) is 9.59 Å². The zero-order valence-electron chi connectivity index (χ0n) is 8.09. The van der Waals surface area contributed by atoms with Crippen LogP contribution in [0.1, 0.15) is 12.8 Å². The maximum absolute atomic E-state index is 10.8. The third-order valence-corrected chi connectivity index (χ3v) is 2.84. The summed E-state index contributed by atoms with van der Waals surface area (Å²) in [5.74, 6) is -1.47. The van der Waals surface area contributed by atoms with E-state index >= 15 is 0 Å². The number of hydrogen-bond donors (Lipinski definition) is 2. The molecule has 5 heteroatoms. The van der Waals surface area contributed by atoms with Gasteiger partial charge in [0.25, 0.3) is 0 Å². The molecule has 0 aromatic carbocycles. The van der Waals surface area contributed by atoms with Crippen LogP contribution in [-0.4, -0.2) is 32.3 Å². The Morgan fingerprint density at radius 1 is 1.38 bits per heavy atom. The van der Waals surface area contributed by atoms with Gasteiger partial charge in [0.2, 0.25) is 5.91 Å². The molecule has 0 aromatic rings. The van der Waals surface area contributed by atoms with Gasteiger partial charge in [0.15, 0.2) is 0 Å². The number of carbonyl (C=O) groups is 2. The summed E-state index contributed by atoms with van der Waals surface area (Å²) < 4.78 is 0. The maximum atomic E-state index is 10.8. The van der Waals surface area contributed by atoms with Crippen molar-refractivity contribution in [1.29, 1.82) is 0 Å². The zero-order valence-corrected chi connectivity index (χ0v) is 9.09. The van der Waals surface area contributed by atoms with Gasteiger partial charge in [-0.1, -0.05) is 19.1 Å². The van der Waals surface area contributed by atoms with Crippen molar-refractivity contribution in [1.82, 2.24) is 5.32 Å². The third-order valence-electron chi connectivity index (χ3n) is 1.49. The topological polar surface area (TPSA) is 66.4 Å². The van der Waals surface area contributed by atoms with Gasteiger partial charge in [-0.15, -0.1) is 0 Å². The van der Waals surface area contributed by atoms with E-state index in [1.165, 1.54) is 0 Å². The fourth-order valence-corrected chi connectivity index (χ4v) is 1.75. The molecule has 0 saturated carbocycles. The summed E-state index contributed by atoms with van der Waals surface area (Å²) in [6.07, 6.45) is 0.530. The third kappa shape index (κ3) is 9.07. The van der Waals surface area contributed by atoms with Crippen molar-refractivity contribution in [3.8, 4) is 0 Å². The summed E-state index contributed by atoms with van der Waals surface area (Å²) in [6, 6.07) is 1.15. The van der Waals surface area contributed by atoms with Crippen LogP contribution in [0.5, 0.6) is 0 Å². The zero-order chi connectivity index (χ0) is 10.3. The molecule has 0 bridgehead atoms. The number of carboxylic acids is 1. The molecule has 0 aromatic heterocycles. The van der Waals surface area contributed by atoms with Gasteiger partial charge in [0.05, 0.1) is 0 Å². The molecule has 75 valence electrons. The summed E-state index contributed by atoms with van der Waals surface area (Å²) in [7, 11) is -0.223. The Hall–Kier alpha value is -0.843.